The third-order valence-electron chi connectivity index (χ3n) is 1.60. The van der Waals surface area contributed by atoms with E-state index in [0.717, 1.165) is 6.42 Å². The second-order valence-electron chi connectivity index (χ2n) is 2.81. The van der Waals surface area contributed by atoms with Gasteiger partial charge in [-0.25, -0.2) is 0 Å². The summed E-state index contributed by atoms with van der Waals surface area (Å²) in [5.74, 6) is 6.03. The zero-order valence-electron chi connectivity index (χ0n) is 9.01. The van der Waals surface area contributed by atoms with Crippen LogP contribution in [-0.4, -0.2) is 24.8 Å². The number of alkyl halides is 1. The molecule has 0 aromatic heterocycles. The fourth-order valence-electron chi connectivity index (χ4n) is 0.862. The largest absolute Gasteiger partial charge is 0.352 e. The molecule has 0 aromatic rings. The first-order chi connectivity index (χ1) is 6.85. The molecule has 2 nitrogen and oxygen atoms in total. The maximum absolute atomic E-state index is 5.37. The van der Waals surface area contributed by atoms with Crippen LogP contribution in [0.1, 0.15) is 33.1 Å². The number of rotatable bonds is 7. The molecule has 0 amide bonds. The van der Waals surface area contributed by atoms with Crippen LogP contribution in [-0.2, 0) is 9.47 Å². The quantitative estimate of drug-likeness (QED) is 0.304. The van der Waals surface area contributed by atoms with Gasteiger partial charge in [-0.05, 0) is 13.3 Å². The van der Waals surface area contributed by atoms with Crippen molar-refractivity contribution in [2.75, 3.05) is 18.5 Å². The summed E-state index contributed by atoms with van der Waals surface area (Å²) < 4.78 is 10.7. The molecule has 0 fully saturated rings. The van der Waals surface area contributed by atoms with Gasteiger partial charge in [-0.1, -0.05) is 35.2 Å². The lowest BCUT2D eigenvalue weighted by Gasteiger charge is -2.12. The van der Waals surface area contributed by atoms with Crippen LogP contribution in [0, 0.1) is 11.8 Å². The van der Waals surface area contributed by atoms with Gasteiger partial charge < -0.3 is 9.47 Å². The highest BCUT2D eigenvalue weighted by molar-refractivity contribution is 9.09. The van der Waals surface area contributed by atoms with E-state index in [0.29, 0.717) is 18.5 Å². The second kappa shape index (κ2) is 11.0. The lowest BCUT2D eigenvalue weighted by molar-refractivity contribution is -0.113. The molecular formula is C11H19BrO2. The Labute approximate surface area is 95.5 Å². The summed E-state index contributed by atoms with van der Waals surface area (Å²) in [6, 6.07) is 0. The number of hydrogen-bond donors (Lipinski definition) is 0. The minimum atomic E-state index is -0.166. The van der Waals surface area contributed by atoms with Crippen molar-refractivity contribution in [2.45, 2.75) is 39.4 Å². The Hall–Kier alpha value is -0.0400. The van der Waals surface area contributed by atoms with E-state index in [1.165, 1.54) is 12.8 Å². The van der Waals surface area contributed by atoms with Crippen molar-refractivity contribution < 1.29 is 9.47 Å². The van der Waals surface area contributed by atoms with Crippen molar-refractivity contribution in [3.05, 3.63) is 0 Å². The standard InChI is InChI=1S/C11H19BrO2/c1-3-5-6-7-8-9-14-11(10-12)13-4-2/h11H,3-6,9-10H2,1-2H3. The van der Waals surface area contributed by atoms with E-state index in [2.05, 4.69) is 34.7 Å². The van der Waals surface area contributed by atoms with Gasteiger partial charge in [0.2, 0.25) is 0 Å². The number of hydrogen-bond acceptors (Lipinski definition) is 2. The van der Waals surface area contributed by atoms with E-state index < -0.39 is 0 Å². The van der Waals surface area contributed by atoms with Gasteiger partial charge in [-0.15, -0.1) is 5.92 Å². The summed E-state index contributed by atoms with van der Waals surface area (Å²) in [5, 5.41) is 0.692. The minimum absolute atomic E-state index is 0.166. The predicted molar refractivity (Wildman–Crippen MR) is 62.5 cm³/mol. The summed E-state index contributed by atoms with van der Waals surface area (Å²) in [4.78, 5) is 0. The van der Waals surface area contributed by atoms with Crippen LogP contribution in [0.3, 0.4) is 0 Å². The topological polar surface area (TPSA) is 18.5 Å². The smallest absolute Gasteiger partial charge is 0.168 e. The molecule has 0 rings (SSSR count). The summed E-state index contributed by atoms with van der Waals surface area (Å²) in [5.41, 5.74) is 0. The lowest BCUT2D eigenvalue weighted by atomic mass is 10.2. The molecule has 0 heterocycles. The van der Waals surface area contributed by atoms with Gasteiger partial charge in [0.25, 0.3) is 0 Å². The zero-order chi connectivity index (χ0) is 10.6. The molecule has 1 atom stereocenters. The molecule has 0 radical (unpaired) electrons. The lowest BCUT2D eigenvalue weighted by Crippen LogP contribution is -2.18. The van der Waals surface area contributed by atoms with Crippen LogP contribution in [0.15, 0.2) is 0 Å². The summed E-state index contributed by atoms with van der Waals surface area (Å²) in [6.45, 7) is 5.24. The van der Waals surface area contributed by atoms with Crippen LogP contribution in [0.4, 0.5) is 0 Å². The highest BCUT2D eigenvalue weighted by atomic mass is 79.9. The van der Waals surface area contributed by atoms with Crippen LogP contribution >= 0.6 is 15.9 Å². The normalized spacial score (nSPS) is 11.9. The SMILES string of the molecule is CCCCC#CCOC(CBr)OCC. The third kappa shape index (κ3) is 8.55. The van der Waals surface area contributed by atoms with Crippen LogP contribution in [0.5, 0.6) is 0 Å². The molecule has 0 aliphatic heterocycles. The maximum atomic E-state index is 5.37. The van der Waals surface area contributed by atoms with Gasteiger partial charge in [0, 0.05) is 13.0 Å². The van der Waals surface area contributed by atoms with E-state index in [-0.39, 0.29) is 6.29 Å². The molecule has 0 bridgehead atoms. The Kier molecular flexibility index (Phi) is 11.0. The molecule has 3 heteroatoms. The molecule has 0 spiro atoms. The average Bonchev–Trinajstić information content (AvgIpc) is 2.21. The Balaban J connectivity index is 3.42. The van der Waals surface area contributed by atoms with Gasteiger partial charge in [0.05, 0.1) is 5.33 Å². The molecule has 0 aromatic carbocycles. The molecule has 0 aliphatic rings. The molecule has 0 N–H and O–H groups in total. The number of halogens is 1. The van der Waals surface area contributed by atoms with Gasteiger partial charge in [-0.3, -0.25) is 0 Å². The van der Waals surface area contributed by atoms with Gasteiger partial charge in [-0.2, -0.15) is 0 Å². The summed E-state index contributed by atoms with van der Waals surface area (Å²) >= 11 is 3.31. The molecule has 82 valence electrons. The van der Waals surface area contributed by atoms with E-state index >= 15 is 0 Å². The van der Waals surface area contributed by atoms with Crippen LogP contribution in [0.2, 0.25) is 0 Å². The van der Waals surface area contributed by atoms with Gasteiger partial charge in [0.1, 0.15) is 6.61 Å². The minimum Gasteiger partial charge on any atom is -0.352 e. The predicted octanol–water partition coefficient (Wildman–Crippen LogP) is 2.95. The van der Waals surface area contributed by atoms with E-state index in [9.17, 15) is 0 Å². The molecule has 14 heavy (non-hydrogen) atoms. The van der Waals surface area contributed by atoms with Gasteiger partial charge in [0.15, 0.2) is 6.29 Å². The second-order valence-corrected chi connectivity index (χ2v) is 3.45. The van der Waals surface area contributed by atoms with Crippen molar-refractivity contribution in [2.24, 2.45) is 0 Å². The average molecular weight is 263 g/mol. The summed E-state index contributed by atoms with van der Waals surface area (Å²) in [6.07, 6.45) is 3.16. The number of unbranched alkanes of at least 4 members (excludes halogenated alkanes) is 2. The van der Waals surface area contributed by atoms with Gasteiger partial charge >= 0.3 is 0 Å². The van der Waals surface area contributed by atoms with Crippen molar-refractivity contribution in [3.8, 4) is 11.8 Å². The van der Waals surface area contributed by atoms with Crippen LogP contribution in [0.25, 0.3) is 0 Å². The molecule has 0 saturated heterocycles. The molecule has 1 unspecified atom stereocenters. The Morgan fingerprint density at radius 3 is 2.57 bits per heavy atom. The molecule has 0 saturated carbocycles. The first kappa shape index (κ1) is 14.0. The van der Waals surface area contributed by atoms with Crippen molar-refractivity contribution >= 4 is 15.9 Å². The first-order valence-corrected chi connectivity index (χ1v) is 6.22. The Morgan fingerprint density at radius 1 is 1.21 bits per heavy atom. The number of ether oxygens (including phenoxy) is 2. The summed E-state index contributed by atoms with van der Waals surface area (Å²) in [7, 11) is 0. The van der Waals surface area contributed by atoms with Crippen LogP contribution < -0.4 is 0 Å². The van der Waals surface area contributed by atoms with E-state index in [1.807, 2.05) is 6.92 Å². The third-order valence-corrected chi connectivity index (χ3v) is 2.13. The van der Waals surface area contributed by atoms with E-state index in [4.69, 9.17) is 9.47 Å². The van der Waals surface area contributed by atoms with Crippen molar-refractivity contribution in [1.82, 2.24) is 0 Å². The maximum Gasteiger partial charge on any atom is 0.168 e. The fourth-order valence-corrected chi connectivity index (χ4v) is 1.24. The first-order valence-electron chi connectivity index (χ1n) is 5.10. The zero-order valence-corrected chi connectivity index (χ0v) is 10.6. The highest BCUT2D eigenvalue weighted by Crippen LogP contribution is 1.98. The van der Waals surface area contributed by atoms with Crippen molar-refractivity contribution in [3.63, 3.8) is 0 Å². The Bertz CT molecular complexity index is 172. The Morgan fingerprint density at radius 2 is 2.00 bits per heavy atom. The molecule has 0 aliphatic carbocycles. The van der Waals surface area contributed by atoms with E-state index in [1.54, 1.807) is 0 Å². The fraction of sp³-hybridized carbons (Fsp3) is 0.818. The van der Waals surface area contributed by atoms with Crippen molar-refractivity contribution in [1.29, 1.82) is 0 Å². The monoisotopic (exact) mass is 262 g/mol. The molecular weight excluding hydrogens is 244 g/mol. The highest BCUT2D eigenvalue weighted by Gasteiger charge is 2.03.